The molecular weight excluding hydrogens is 464 g/mol. The molecule has 32 heavy (non-hydrogen) atoms. The van der Waals surface area contributed by atoms with Gasteiger partial charge in [0, 0.05) is 47.1 Å². The SMILES string of the molecule is CC(=O)N(c1cccc(Cl)c1)c1nc(CSc2nnc(-c3cccnc3)n2C2CC2)cs1. The molecule has 1 aliphatic rings. The molecule has 5 rings (SSSR count). The Bertz CT molecular complexity index is 1250. The van der Waals surface area contributed by atoms with Crippen LogP contribution in [-0.4, -0.2) is 30.6 Å². The lowest BCUT2D eigenvalue weighted by molar-refractivity contribution is -0.115. The Morgan fingerprint density at radius 2 is 2.16 bits per heavy atom. The molecule has 0 spiro atoms. The predicted molar refractivity (Wildman–Crippen MR) is 127 cm³/mol. The van der Waals surface area contributed by atoms with Crippen molar-refractivity contribution in [2.45, 2.75) is 36.7 Å². The molecule has 10 heteroatoms. The van der Waals surface area contributed by atoms with Crippen molar-refractivity contribution < 1.29 is 4.79 Å². The van der Waals surface area contributed by atoms with Crippen LogP contribution in [0.1, 0.15) is 31.5 Å². The Labute approximate surface area is 198 Å². The first kappa shape index (κ1) is 21.1. The number of nitrogens with zero attached hydrogens (tertiary/aromatic N) is 6. The quantitative estimate of drug-likeness (QED) is 0.311. The molecule has 7 nitrogen and oxygen atoms in total. The van der Waals surface area contributed by atoms with Crippen LogP contribution in [-0.2, 0) is 10.5 Å². The van der Waals surface area contributed by atoms with E-state index in [1.807, 2.05) is 35.8 Å². The zero-order chi connectivity index (χ0) is 22.1. The van der Waals surface area contributed by atoms with Gasteiger partial charge >= 0.3 is 0 Å². The van der Waals surface area contributed by atoms with Crippen molar-refractivity contribution in [3.05, 3.63) is 64.9 Å². The number of carbonyl (C=O) groups excluding carboxylic acids is 1. The zero-order valence-corrected chi connectivity index (χ0v) is 19.6. The van der Waals surface area contributed by atoms with E-state index in [9.17, 15) is 4.79 Å². The number of rotatable bonds is 7. The second-order valence-corrected chi connectivity index (χ2v) is 9.61. The average molecular weight is 483 g/mol. The van der Waals surface area contributed by atoms with Gasteiger partial charge in [-0.3, -0.25) is 19.2 Å². The van der Waals surface area contributed by atoms with E-state index in [1.54, 1.807) is 35.0 Å². The summed E-state index contributed by atoms with van der Waals surface area (Å²) in [4.78, 5) is 22.8. The highest BCUT2D eigenvalue weighted by atomic mass is 35.5. The van der Waals surface area contributed by atoms with Crippen molar-refractivity contribution >= 4 is 51.4 Å². The van der Waals surface area contributed by atoms with Gasteiger partial charge in [0.25, 0.3) is 0 Å². The number of hydrogen-bond acceptors (Lipinski definition) is 7. The van der Waals surface area contributed by atoms with Gasteiger partial charge in [0.15, 0.2) is 16.1 Å². The standard InChI is InChI=1S/C22H19ClN6OS2/c1-14(30)28(19-6-2-5-16(23)10-19)21-25-17(12-31-21)13-32-22-27-26-20(29(22)18-7-8-18)15-4-3-9-24-11-15/h2-6,9-12,18H,7-8,13H2,1H3. The Morgan fingerprint density at radius 3 is 2.88 bits per heavy atom. The van der Waals surface area contributed by atoms with Gasteiger partial charge in [-0.25, -0.2) is 4.98 Å². The van der Waals surface area contributed by atoms with Crippen molar-refractivity contribution in [3.8, 4) is 11.4 Å². The zero-order valence-electron chi connectivity index (χ0n) is 17.2. The summed E-state index contributed by atoms with van der Waals surface area (Å²) < 4.78 is 2.21. The molecule has 1 saturated carbocycles. The third kappa shape index (κ3) is 4.41. The van der Waals surface area contributed by atoms with Crippen molar-refractivity contribution in [3.63, 3.8) is 0 Å². The lowest BCUT2D eigenvalue weighted by atomic mass is 10.3. The number of halogens is 1. The van der Waals surface area contributed by atoms with Crippen LogP contribution in [0.5, 0.6) is 0 Å². The van der Waals surface area contributed by atoms with Gasteiger partial charge in [-0.15, -0.1) is 21.5 Å². The first-order valence-corrected chi connectivity index (χ1v) is 12.3. The molecule has 1 fully saturated rings. The molecule has 0 radical (unpaired) electrons. The van der Waals surface area contributed by atoms with Crippen LogP contribution in [0.3, 0.4) is 0 Å². The molecule has 0 unspecified atom stereocenters. The first-order chi connectivity index (χ1) is 15.6. The van der Waals surface area contributed by atoms with Gasteiger partial charge in [0.2, 0.25) is 5.91 Å². The molecule has 1 aliphatic carbocycles. The molecule has 0 aliphatic heterocycles. The third-order valence-corrected chi connectivity index (χ3v) is 7.04. The normalized spacial score (nSPS) is 13.3. The number of thiazole rings is 1. The Kier molecular flexibility index (Phi) is 5.95. The van der Waals surface area contributed by atoms with Gasteiger partial charge < -0.3 is 0 Å². The molecule has 162 valence electrons. The molecule has 3 aromatic heterocycles. The number of benzene rings is 1. The molecule has 1 amide bonds. The molecule has 0 atom stereocenters. The second-order valence-electron chi connectivity index (χ2n) is 7.39. The van der Waals surface area contributed by atoms with Crippen molar-refractivity contribution in [2.24, 2.45) is 0 Å². The maximum atomic E-state index is 12.3. The number of pyridine rings is 1. The van der Waals surface area contributed by atoms with Crippen molar-refractivity contribution in [2.75, 3.05) is 4.90 Å². The highest BCUT2D eigenvalue weighted by Gasteiger charge is 2.30. The minimum absolute atomic E-state index is 0.115. The minimum Gasteiger partial charge on any atom is -0.299 e. The smallest absolute Gasteiger partial charge is 0.230 e. The fourth-order valence-electron chi connectivity index (χ4n) is 3.38. The number of amides is 1. The lowest BCUT2D eigenvalue weighted by Gasteiger charge is -2.18. The summed E-state index contributed by atoms with van der Waals surface area (Å²) in [7, 11) is 0. The predicted octanol–water partition coefficient (Wildman–Crippen LogP) is 5.76. The van der Waals surface area contributed by atoms with E-state index < -0.39 is 0 Å². The molecule has 3 heterocycles. The first-order valence-electron chi connectivity index (χ1n) is 10.1. The summed E-state index contributed by atoms with van der Waals surface area (Å²) in [6.45, 7) is 1.52. The average Bonchev–Trinajstić information content (AvgIpc) is 3.37. The van der Waals surface area contributed by atoms with Gasteiger partial charge in [0.05, 0.1) is 11.4 Å². The number of thioether (sulfide) groups is 1. The number of anilines is 2. The summed E-state index contributed by atoms with van der Waals surface area (Å²) in [5.41, 5.74) is 2.55. The van der Waals surface area contributed by atoms with Crippen LogP contribution in [0.4, 0.5) is 10.8 Å². The van der Waals surface area contributed by atoms with Gasteiger partial charge in [-0.1, -0.05) is 29.4 Å². The largest absolute Gasteiger partial charge is 0.299 e. The minimum atomic E-state index is -0.115. The van der Waals surface area contributed by atoms with Crippen molar-refractivity contribution in [1.82, 2.24) is 24.7 Å². The van der Waals surface area contributed by atoms with E-state index in [0.717, 1.165) is 35.1 Å². The summed E-state index contributed by atoms with van der Waals surface area (Å²) in [5.74, 6) is 1.37. The van der Waals surface area contributed by atoms with Crippen LogP contribution in [0, 0.1) is 0 Å². The van der Waals surface area contributed by atoms with Crippen LogP contribution in [0.2, 0.25) is 5.02 Å². The third-order valence-electron chi connectivity index (χ3n) is 4.96. The molecule has 1 aromatic carbocycles. The van der Waals surface area contributed by atoms with Crippen molar-refractivity contribution in [1.29, 1.82) is 0 Å². The Hall–Kier alpha value is -2.75. The fraction of sp³-hybridized carbons (Fsp3) is 0.227. The number of carbonyl (C=O) groups is 1. The molecular formula is C22H19ClN6OS2. The maximum absolute atomic E-state index is 12.3. The Morgan fingerprint density at radius 1 is 1.28 bits per heavy atom. The second kappa shape index (κ2) is 9.01. The summed E-state index contributed by atoms with van der Waals surface area (Å²) in [6, 6.07) is 11.6. The highest BCUT2D eigenvalue weighted by Crippen LogP contribution is 2.41. The topological polar surface area (TPSA) is 76.8 Å². The van der Waals surface area contributed by atoms with Gasteiger partial charge in [0.1, 0.15) is 0 Å². The summed E-state index contributed by atoms with van der Waals surface area (Å²) in [6.07, 6.45) is 5.83. The van der Waals surface area contributed by atoms with Gasteiger partial charge in [-0.2, -0.15) is 0 Å². The number of aromatic nitrogens is 5. The summed E-state index contributed by atoms with van der Waals surface area (Å²) >= 11 is 9.16. The number of hydrogen-bond donors (Lipinski definition) is 0. The molecule has 4 aromatic rings. The van der Waals surface area contributed by atoms with E-state index in [0.29, 0.717) is 27.6 Å². The van der Waals surface area contributed by atoms with Crippen LogP contribution in [0.25, 0.3) is 11.4 Å². The van der Waals surface area contributed by atoms with E-state index in [1.165, 1.54) is 18.3 Å². The highest BCUT2D eigenvalue weighted by molar-refractivity contribution is 7.98. The fourth-order valence-corrected chi connectivity index (χ4v) is 5.45. The monoisotopic (exact) mass is 482 g/mol. The maximum Gasteiger partial charge on any atom is 0.230 e. The van der Waals surface area contributed by atoms with E-state index >= 15 is 0 Å². The van der Waals surface area contributed by atoms with E-state index in [4.69, 9.17) is 16.6 Å². The van der Waals surface area contributed by atoms with Crippen LogP contribution >= 0.6 is 34.7 Å². The summed E-state index contributed by atoms with van der Waals surface area (Å²) in [5, 5.41) is 12.9. The van der Waals surface area contributed by atoms with E-state index in [-0.39, 0.29) is 5.91 Å². The molecule has 0 saturated heterocycles. The van der Waals surface area contributed by atoms with E-state index in [2.05, 4.69) is 19.7 Å². The molecule has 0 N–H and O–H groups in total. The lowest BCUT2D eigenvalue weighted by Crippen LogP contribution is -2.22. The van der Waals surface area contributed by atoms with Gasteiger partial charge in [-0.05, 0) is 43.2 Å². The van der Waals surface area contributed by atoms with Crippen LogP contribution < -0.4 is 4.90 Å². The molecule has 0 bridgehead atoms. The van der Waals surface area contributed by atoms with Crippen LogP contribution in [0.15, 0.2) is 59.3 Å². The Balaban J connectivity index is 1.36.